The van der Waals surface area contributed by atoms with Crippen LogP contribution in [0.2, 0.25) is 0 Å². The lowest BCUT2D eigenvalue weighted by Crippen LogP contribution is -2.51. The molecule has 0 spiro atoms. The van der Waals surface area contributed by atoms with Crippen LogP contribution in [-0.4, -0.2) is 60.9 Å². The number of benzene rings is 1. The lowest BCUT2D eigenvalue weighted by molar-refractivity contribution is -0.132. The van der Waals surface area contributed by atoms with E-state index >= 15 is 0 Å². The molecule has 0 bridgehead atoms. The number of amides is 2. The van der Waals surface area contributed by atoms with E-state index in [0.29, 0.717) is 13.1 Å². The molecule has 1 aliphatic rings. The van der Waals surface area contributed by atoms with Crippen LogP contribution in [0.1, 0.15) is 13.8 Å². The fraction of sp³-hybridized carbons (Fsp3) is 0.500. The van der Waals surface area contributed by atoms with Crippen LogP contribution in [0.15, 0.2) is 18.2 Å². The Morgan fingerprint density at radius 3 is 2.17 bits per heavy atom. The van der Waals surface area contributed by atoms with Gasteiger partial charge in [0.2, 0.25) is 11.8 Å². The van der Waals surface area contributed by atoms with E-state index in [2.05, 4.69) is 11.8 Å². The molecule has 1 aliphatic heterocycles. The van der Waals surface area contributed by atoms with Crippen molar-refractivity contribution in [3.05, 3.63) is 29.8 Å². The van der Waals surface area contributed by atoms with E-state index in [-0.39, 0.29) is 12.5 Å². The van der Waals surface area contributed by atoms with Crippen molar-refractivity contribution < 1.29 is 18.4 Å². The standard InChI is InChI=1S/C16H21F2N3O2/c1-3-19-7-9-20(10-8-19)15(23)11-21(12(2)22)16-13(17)5-4-6-14(16)18/h4-6H,3,7-11H2,1-2H3. The van der Waals surface area contributed by atoms with Crippen LogP contribution in [0.3, 0.4) is 0 Å². The molecular weight excluding hydrogens is 304 g/mol. The number of anilines is 1. The fourth-order valence-electron chi connectivity index (χ4n) is 2.64. The highest BCUT2D eigenvalue weighted by Gasteiger charge is 2.26. The summed E-state index contributed by atoms with van der Waals surface area (Å²) < 4.78 is 27.8. The summed E-state index contributed by atoms with van der Waals surface area (Å²) in [5.41, 5.74) is -0.472. The molecule has 1 heterocycles. The zero-order chi connectivity index (χ0) is 17.0. The van der Waals surface area contributed by atoms with Gasteiger partial charge in [0.25, 0.3) is 0 Å². The lowest BCUT2D eigenvalue weighted by atomic mass is 10.2. The van der Waals surface area contributed by atoms with Crippen molar-refractivity contribution in [3.63, 3.8) is 0 Å². The Labute approximate surface area is 134 Å². The van der Waals surface area contributed by atoms with Crippen LogP contribution >= 0.6 is 0 Å². The van der Waals surface area contributed by atoms with E-state index in [1.807, 2.05) is 0 Å². The number of hydrogen-bond donors (Lipinski definition) is 0. The van der Waals surface area contributed by atoms with Gasteiger partial charge in [0.05, 0.1) is 0 Å². The third-order valence-electron chi connectivity index (χ3n) is 4.05. The van der Waals surface area contributed by atoms with Gasteiger partial charge in [0, 0.05) is 33.1 Å². The molecule has 1 fully saturated rings. The van der Waals surface area contributed by atoms with Crippen LogP contribution in [0.4, 0.5) is 14.5 Å². The predicted molar refractivity (Wildman–Crippen MR) is 83.1 cm³/mol. The molecule has 0 N–H and O–H groups in total. The average molecular weight is 325 g/mol. The molecular formula is C16H21F2N3O2. The molecule has 0 aromatic heterocycles. The maximum Gasteiger partial charge on any atom is 0.242 e. The Morgan fingerprint density at radius 2 is 1.70 bits per heavy atom. The van der Waals surface area contributed by atoms with Gasteiger partial charge in [-0.2, -0.15) is 0 Å². The van der Waals surface area contributed by atoms with Crippen molar-refractivity contribution >= 4 is 17.5 Å². The van der Waals surface area contributed by atoms with Gasteiger partial charge in [-0.3, -0.25) is 14.5 Å². The van der Waals surface area contributed by atoms with E-state index in [9.17, 15) is 18.4 Å². The molecule has 1 aromatic carbocycles. The Kier molecular flexibility index (Phi) is 5.65. The number of halogens is 2. The average Bonchev–Trinajstić information content (AvgIpc) is 2.53. The molecule has 2 rings (SSSR count). The molecule has 0 saturated carbocycles. The van der Waals surface area contributed by atoms with Crippen LogP contribution < -0.4 is 4.90 Å². The van der Waals surface area contributed by atoms with Gasteiger partial charge in [0.15, 0.2) is 0 Å². The minimum atomic E-state index is -0.858. The zero-order valence-electron chi connectivity index (χ0n) is 13.4. The summed E-state index contributed by atoms with van der Waals surface area (Å²) in [7, 11) is 0. The second-order valence-corrected chi connectivity index (χ2v) is 5.49. The number of piperazine rings is 1. The Hall–Kier alpha value is -2.02. The molecule has 0 unspecified atom stereocenters. The third-order valence-corrected chi connectivity index (χ3v) is 4.05. The molecule has 0 aliphatic carbocycles. The van der Waals surface area contributed by atoms with Gasteiger partial charge in [-0.15, -0.1) is 0 Å². The molecule has 2 amide bonds. The SMILES string of the molecule is CCN1CCN(C(=O)CN(C(C)=O)c2c(F)cccc2F)CC1. The summed E-state index contributed by atoms with van der Waals surface area (Å²) in [5, 5.41) is 0. The largest absolute Gasteiger partial charge is 0.339 e. The summed E-state index contributed by atoms with van der Waals surface area (Å²) in [5.74, 6) is -2.60. The first-order chi connectivity index (χ1) is 10.9. The second kappa shape index (κ2) is 7.50. The predicted octanol–water partition coefficient (Wildman–Crippen LogP) is 1.48. The number of nitrogens with zero attached hydrogens (tertiary/aromatic N) is 3. The molecule has 0 radical (unpaired) electrons. The second-order valence-electron chi connectivity index (χ2n) is 5.49. The molecule has 1 saturated heterocycles. The highest BCUT2D eigenvalue weighted by molar-refractivity contribution is 5.97. The molecule has 0 atom stereocenters. The van der Waals surface area contributed by atoms with Gasteiger partial charge in [-0.05, 0) is 18.7 Å². The first kappa shape index (κ1) is 17.3. The van der Waals surface area contributed by atoms with E-state index in [1.54, 1.807) is 4.90 Å². The van der Waals surface area contributed by atoms with E-state index < -0.39 is 23.2 Å². The Balaban J connectivity index is 2.11. The first-order valence-corrected chi connectivity index (χ1v) is 7.66. The Bertz CT molecular complexity index is 566. The first-order valence-electron chi connectivity index (χ1n) is 7.66. The van der Waals surface area contributed by atoms with E-state index in [4.69, 9.17) is 0 Å². The molecule has 7 heteroatoms. The van der Waals surface area contributed by atoms with Crippen molar-refractivity contribution in [2.45, 2.75) is 13.8 Å². The number of carbonyl (C=O) groups excluding carboxylic acids is 2. The molecule has 1 aromatic rings. The molecule has 5 nitrogen and oxygen atoms in total. The zero-order valence-corrected chi connectivity index (χ0v) is 13.4. The topological polar surface area (TPSA) is 43.9 Å². The van der Waals surface area contributed by atoms with Crippen LogP contribution in [-0.2, 0) is 9.59 Å². The van der Waals surface area contributed by atoms with Gasteiger partial charge >= 0.3 is 0 Å². The van der Waals surface area contributed by atoms with Crippen molar-refractivity contribution in [1.82, 2.24) is 9.80 Å². The number of likely N-dealkylation sites (N-methyl/N-ethyl adjacent to an activating group) is 1. The van der Waals surface area contributed by atoms with Crippen LogP contribution in [0.25, 0.3) is 0 Å². The Morgan fingerprint density at radius 1 is 1.13 bits per heavy atom. The van der Waals surface area contributed by atoms with Crippen molar-refractivity contribution in [2.75, 3.05) is 44.2 Å². The summed E-state index contributed by atoms with van der Waals surface area (Å²) in [6, 6.07) is 3.36. The number of para-hydroxylation sites is 1. The van der Waals surface area contributed by atoms with Gasteiger partial charge in [0.1, 0.15) is 23.9 Å². The monoisotopic (exact) mass is 325 g/mol. The highest BCUT2D eigenvalue weighted by atomic mass is 19.1. The maximum absolute atomic E-state index is 13.9. The minimum Gasteiger partial charge on any atom is -0.339 e. The van der Waals surface area contributed by atoms with Crippen molar-refractivity contribution in [2.24, 2.45) is 0 Å². The molecule has 23 heavy (non-hydrogen) atoms. The van der Waals surface area contributed by atoms with Gasteiger partial charge in [-0.1, -0.05) is 13.0 Å². The maximum atomic E-state index is 13.9. The van der Waals surface area contributed by atoms with Gasteiger partial charge < -0.3 is 9.80 Å². The third kappa shape index (κ3) is 4.04. The minimum absolute atomic E-state index is 0.307. The number of rotatable bonds is 4. The normalized spacial score (nSPS) is 15.6. The summed E-state index contributed by atoms with van der Waals surface area (Å²) in [4.78, 5) is 28.8. The number of hydrogen-bond acceptors (Lipinski definition) is 3. The molecule has 126 valence electrons. The van der Waals surface area contributed by atoms with Crippen molar-refractivity contribution in [1.29, 1.82) is 0 Å². The smallest absolute Gasteiger partial charge is 0.242 e. The lowest BCUT2D eigenvalue weighted by Gasteiger charge is -2.35. The van der Waals surface area contributed by atoms with Crippen LogP contribution in [0.5, 0.6) is 0 Å². The number of carbonyl (C=O) groups is 2. The quantitative estimate of drug-likeness (QED) is 0.842. The highest BCUT2D eigenvalue weighted by Crippen LogP contribution is 2.23. The summed E-state index contributed by atoms with van der Waals surface area (Å²) in [6.45, 7) is 6.43. The van der Waals surface area contributed by atoms with Gasteiger partial charge in [-0.25, -0.2) is 8.78 Å². The fourth-order valence-corrected chi connectivity index (χ4v) is 2.64. The van der Waals surface area contributed by atoms with Crippen molar-refractivity contribution in [3.8, 4) is 0 Å². The summed E-state index contributed by atoms with van der Waals surface area (Å²) in [6.07, 6.45) is 0. The summed E-state index contributed by atoms with van der Waals surface area (Å²) >= 11 is 0. The van der Waals surface area contributed by atoms with E-state index in [0.717, 1.165) is 36.7 Å². The van der Waals surface area contributed by atoms with E-state index in [1.165, 1.54) is 13.0 Å². The van der Waals surface area contributed by atoms with Crippen LogP contribution in [0, 0.1) is 11.6 Å².